The lowest BCUT2D eigenvalue weighted by Crippen LogP contribution is -2.38. The van der Waals surface area contributed by atoms with Gasteiger partial charge in [0.15, 0.2) is 0 Å². The van der Waals surface area contributed by atoms with Gasteiger partial charge in [0.2, 0.25) is 0 Å². The Kier molecular flexibility index (Phi) is 7.20. The van der Waals surface area contributed by atoms with Gasteiger partial charge in [0.05, 0.1) is 0 Å². The van der Waals surface area contributed by atoms with E-state index in [9.17, 15) is 0 Å². The average molecular weight is 214 g/mol. The molecule has 0 aliphatic rings. The third-order valence-corrected chi connectivity index (χ3v) is 3.64. The maximum atomic E-state index is 3.56. The molecule has 2 heteroatoms. The predicted molar refractivity (Wildman–Crippen MR) is 69.3 cm³/mol. The molecular formula is C13H30N2. The Balaban J connectivity index is 3.62. The normalized spacial score (nSPS) is 12.8. The molecule has 0 aromatic rings. The molecule has 0 heterocycles. The average Bonchev–Trinajstić information content (AvgIpc) is 2.18. The van der Waals surface area contributed by atoms with Crippen LogP contribution in [0, 0.1) is 11.3 Å². The van der Waals surface area contributed by atoms with E-state index in [1.54, 1.807) is 0 Å². The van der Waals surface area contributed by atoms with Crippen LogP contribution in [0.5, 0.6) is 0 Å². The first-order chi connectivity index (χ1) is 6.94. The van der Waals surface area contributed by atoms with Crippen molar-refractivity contribution >= 4 is 0 Å². The predicted octanol–water partition coefficient (Wildman–Crippen LogP) is 2.60. The van der Waals surface area contributed by atoms with Crippen LogP contribution in [-0.2, 0) is 0 Å². The summed E-state index contributed by atoms with van der Waals surface area (Å²) in [4.78, 5) is 2.45. The topological polar surface area (TPSA) is 15.3 Å². The molecule has 0 rings (SSSR count). The van der Waals surface area contributed by atoms with Crippen LogP contribution >= 0.6 is 0 Å². The molecule has 2 nitrogen and oxygen atoms in total. The van der Waals surface area contributed by atoms with E-state index in [1.165, 1.54) is 6.54 Å². The van der Waals surface area contributed by atoms with E-state index in [0.717, 1.165) is 32.1 Å². The van der Waals surface area contributed by atoms with Gasteiger partial charge in [-0.05, 0) is 24.4 Å². The molecule has 0 atom stereocenters. The minimum absolute atomic E-state index is 0.406. The Labute approximate surface area is 96.4 Å². The van der Waals surface area contributed by atoms with E-state index >= 15 is 0 Å². The van der Waals surface area contributed by atoms with Gasteiger partial charge in [-0.2, -0.15) is 0 Å². The summed E-state index contributed by atoms with van der Waals surface area (Å²) in [6, 6.07) is 0. The molecule has 0 aliphatic heterocycles. The van der Waals surface area contributed by atoms with Crippen LogP contribution in [0.25, 0.3) is 0 Å². The number of hydrogen-bond donors (Lipinski definition) is 1. The number of nitrogens with zero attached hydrogens (tertiary/aromatic N) is 1. The molecule has 0 aromatic carbocycles. The number of likely N-dealkylation sites (N-methyl/N-ethyl adjacent to an activating group) is 1. The fraction of sp³-hybridized carbons (Fsp3) is 1.00. The third kappa shape index (κ3) is 6.16. The van der Waals surface area contributed by atoms with E-state index in [4.69, 9.17) is 0 Å². The zero-order chi connectivity index (χ0) is 11.9. The molecule has 0 saturated carbocycles. The molecule has 0 radical (unpaired) electrons. The smallest absolute Gasteiger partial charge is 0.0107 e. The van der Waals surface area contributed by atoms with Crippen LogP contribution in [0.3, 0.4) is 0 Å². The number of nitrogens with one attached hydrogen (secondary N) is 1. The summed E-state index contributed by atoms with van der Waals surface area (Å²) in [6.45, 7) is 19.4. The van der Waals surface area contributed by atoms with Crippen molar-refractivity contribution in [2.45, 2.75) is 41.5 Å². The van der Waals surface area contributed by atoms with Crippen LogP contribution in [-0.4, -0.2) is 37.6 Å². The van der Waals surface area contributed by atoms with Crippen molar-refractivity contribution in [1.82, 2.24) is 10.2 Å². The molecule has 0 spiro atoms. The van der Waals surface area contributed by atoms with Crippen LogP contribution < -0.4 is 5.32 Å². The molecule has 1 N–H and O–H groups in total. The molecule has 0 saturated heterocycles. The second-order valence-electron chi connectivity index (χ2n) is 5.35. The quantitative estimate of drug-likeness (QED) is 0.625. The van der Waals surface area contributed by atoms with Gasteiger partial charge in [0.1, 0.15) is 0 Å². The zero-order valence-corrected chi connectivity index (χ0v) is 11.6. The highest BCUT2D eigenvalue weighted by Crippen LogP contribution is 2.24. The third-order valence-electron chi connectivity index (χ3n) is 3.64. The van der Waals surface area contributed by atoms with Gasteiger partial charge in [-0.3, -0.25) is 0 Å². The summed E-state index contributed by atoms with van der Waals surface area (Å²) < 4.78 is 0. The van der Waals surface area contributed by atoms with Crippen LogP contribution in [0.4, 0.5) is 0 Å². The highest BCUT2D eigenvalue weighted by atomic mass is 15.1. The molecule has 15 heavy (non-hydrogen) atoms. The lowest BCUT2D eigenvalue weighted by molar-refractivity contribution is 0.229. The highest BCUT2D eigenvalue weighted by Gasteiger charge is 2.21. The summed E-state index contributed by atoms with van der Waals surface area (Å²) in [5.41, 5.74) is 0.406. The van der Waals surface area contributed by atoms with Crippen molar-refractivity contribution in [3.05, 3.63) is 0 Å². The van der Waals surface area contributed by atoms with Crippen molar-refractivity contribution in [2.24, 2.45) is 11.3 Å². The van der Waals surface area contributed by atoms with Gasteiger partial charge in [-0.25, -0.2) is 0 Å². The number of rotatable bonds is 8. The van der Waals surface area contributed by atoms with E-state index in [2.05, 4.69) is 51.8 Å². The summed E-state index contributed by atoms with van der Waals surface area (Å²) >= 11 is 0. The van der Waals surface area contributed by atoms with E-state index in [0.29, 0.717) is 5.41 Å². The largest absolute Gasteiger partial charge is 0.315 e. The summed E-state index contributed by atoms with van der Waals surface area (Å²) in [5, 5.41) is 3.56. The van der Waals surface area contributed by atoms with Crippen molar-refractivity contribution in [2.75, 3.05) is 32.7 Å². The van der Waals surface area contributed by atoms with Crippen molar-refractivity contribution in [1.29, 1.82) is 0 Å². The highest BCUT2D eigenvalue weighted by molar-refractivity contribution is 4.75. The first-order valence-corrected chi connectivity index (χ1v) is 6.37. The minimum atomic E-state index is 0.406. The van der Waals surface area contributed by atoms with Crippen LogP contribution in [0.15, 0.2) is 0 Å². The molecule has 0 amide bonds. The fourth-order valence-corrected chi connectivity index (χ4v) is 1.39. The van der Waals surface area contributed by atoms with Gasteiger partial charge >= 0.3 is 0 Å². The van der Waals surface area contributed by atoms with Crippen LogP contribution in [0.2, 0.25) is 0 Å². The molecule has 0 aromatic heterocycles. The van der Waals surface area contributed by atoms with Crippen molar-refractivity contribution in [3.63, 3.8) is 0 Å². The monoisotopic (exact) mass is 214 g/mol. The minimum Gasteiger partial charge on any atom is -0.315 e. The molecule has 92 valence electrons. The fourth-order valence-electron chi connectivity index (χ4n) is 1.39. The van der Waals surface area contributed by atoms with Crippen LogP contribution in [0.1, 0.15) is 41.5 Å². The first-order valence-electron chi connectivity index (χ1n) is 6.37. The standard InChI is InChI=1S/C13H30N2/c1-7-15(8-2)10-9-14-11-13(5,6)12(3)4/h12,14H,7-11H2,1-6H3. The summed E-state index contributed by atoms with van der Waals surface area (Å²) in [5.74, 6) is 0.735. The Morgan fingerprint density at radius 3 is 2.07 bits per heavy atom. The molecule has 0 fully saturated rings. The van der Waals surface area contributed by atoms with E-state index in [-0.39, 0.29) is 0 Å². The summed E-state index contributed by atoms with van der Waals surface area (Å²) in [6.07, 6.45) is 0. The Hall–Kier alpha value is -0.0800. The molecule has 0 bridgehead atoms. The SMILES string of the molecule is CCN(CC)CCNCC(C)(C)C(C)C. The molecule has 0 aliphatic carbocycles. The Morgan fingerprint density at radius 1 is 1.13 bits per heavy atom. The maximum absolute atomic E-state index is 3.56. The second kappa shape index (κ2) is 7.24. The van der Waals surface area contributed by atoms with Gasteiger partial charge in [-0.15, -0.1) is 0 Å². The Bertz CT molecular complexity index is 149. The molecule has 0 unspecified atom stereocenters. The van der Waals surface area contributed by atoms with Gasteiger partial charge in [0, 0.05) is 19.6 Å². The molecular weight excluding hydrogens is 184 g/mol. The van der Waals surface area contributed by atoms with E-state index < -0.39 is 0 Å². The maximum Gasteiger partial charge on any atom is 0.0107 e. The lowest BCUT2D eigenvalue weighted by atomic mass is 9.81. The van der Waals surface area contributed by atoms with Gasteiger partial charge in [0.25, 0.3) is 0 Å². The van der Waals surface area contributed by atoms with E-state index in [1.807, 2.05) is 0 Å². The zero-order valence-electron chi connectivity index (χ0n) is 11.6. The number of hydrogen-bond acceptors (Lipinski definition) is 2. The summed E-state index contributed by atoms with van der Waals surface area (Å²) in [7, 11) is 0. The second-order valence-corrected chi connectivity index (χ2v) is 5.35. The van der Waals surface area contributed by atoms with Gasteiger partial charge in [-0.1, -0.05) is 41.5 Å². The lowest BCUT2D eigenvalue weighted by Gasteiger charge is -2.30. The van der Waals surface area contributed by atoms with Gasteiger partial charge < -0.3 is 10.2 Å². The first kappa shape index (κ1) is 14.9. The van der Waals surface area contributed by atoms with Crippen molar-refractivity contribution < 1.29 is 0 Å². The Morgan fingerprint density at radius 2 is 1.67 bits per heavy atom. The van der Waals surface area contributed by atoms with Crippen molar-refractivity contribution in [3.8, 4) is 0 Å².